The monoisotopic (exact) mass is 192 g/mol. The van der Waals surface area contributed by atoms with Crippen LogP contribution in [0.2, 0.25) is 0 Å². The fourth-order valence-electron chi connectivity index (χ4n) is 1.55. The maximum atomic E-state index is 11.4. The van der Waals surface area contributed by atoms with Crippen LogP contribution in [0.25, 0.3) is 0 Å². The van der Waals surface area contributed by atoms with Crippen molar-refractivity contribution < 1.29 is 14.4 Å². The van der Waals surface area contributed by atoms with Gasteiger partial charge in [-0.25, -0.2) is 0 Å². The Morgan fingerprint density at radius 3 is 3.07 bits per heavy atom. The Hall–Kier alpha value is -1.87. The Balaban J connectivity index is 1.98. The lowest BCUT2D eigenvalue weighted by molar-refractivity contribution is -0.133. The molecular weight excluding hydrogens is 184 g/mol. The van der Waals surface area contributed by atoms with Crippen LogP contribution in [0.3, 0.4) is 0 Å². The highest BCUT2D eigenvalue weighted by atomic mass is 16.2. The molecule has 2 rings (SSSR count). The Morgan fingerprint density at radius 1 is 1.64 bits per heavy atom. The van der Waals surface area contributed by atoms with Gasteiger partial charge in [0.1, 0.15) is 12.3 Å². The van der Waals surface area contributed by atoms with Gasteiger partial charge in [0.25, 0.3) is 0 Å². The van der Waals surface area contributed by atoms with E-state index in [1.807, 2.05) is 0 Å². The van der Waals surface area contributed by atoms with E-state index in [2.05, 4.69) is 11.0 Å². The summed E-state index contributed by atoms with van der Waals surface area (Å²) in [5, 5.41) is 2.27. The van der Waals surface area contributed by atoms with Gasteiger partial charge in [0, 0.05) is 11.1 Å². The van der Waals surface area contributed by atoms with E-state index in [1.165, 1.54) is 4.90 Å². The second-order valence-corrected chi connectivity index (χ2v) is 3.12. The van der Waals surface area contributed by atoms with Crippen LogP contribution in [-0.4, -0.2) is 42.6 Å². The minimum Gasteiger partial charge on any atom is -0.350 e. The van der Waals surface area contributed by atoms with E-state index in [4.69, 9.17) is 0 Å². The molecule has 1 aliphatic carbocycles. The van der Waals surface area contributed by atoms with Crippen molar-refractivity contribution in [2.75, 3.05) is 13.1 Å². The molecule has 2 amide bonds. The van der Waals surface area contributed by atoms with Crippen molar-refractivity contribution >= 4 is 18.6 Å². The predicted octanol–water partition coefficient (Wildman–Crippen LogP) is -1.39. The minimum absolute atomic E-state index is 0.0611. The van der Waals surface area contributed by atoms with Crippen molar-refractivity contribution in [1.82, 2.24) is 10.2 Å². The highest BCUT2D eigenvalue weighted by molar-refractivity contribution is 5.88. The van der Waals surface area contributed by atoms with Gasteiger partial charge in [-0.2, -0.15) is 0 Å². The fourth-order valence-corrected chi connectivity index (χ4v) is 1.55. The predicted molar refractivity (Wildman–Crippen MR) is 46.2 cm³/mol. The first-order valence-electron chi connectivity index (χ1n) is 4.19. The molecule has 5 heteroatoms. The number of carbonyl (C=O) groups is 3. The summed E-state index contributed by atoms with van der Waals surface area (Å²) >= 11 is 0. The molecular formula is C9H8N2O3. The normalized spacial score (nSPS) is 22.0. The number of nitrogens with zero attached hydrogens (tertiary/aromatic N) is 1. The van der Waals surface area contributed by atoms with Crippen LogP contribution in [0.15, 0.2) is 16.9 Å². The van der Waals surface area contributed by atoms with E-state index in [1.54, 1.807) is 0 Å². The van der Waals surface area contributed by atoms with Gasteiger partial charge in [-0.15, -0.1) is 5.73 Å². The summed E-state index contributed by atoms with van der Waals surface area (Å²) in [6, 6.07) is -0.481. The molecule has 0 bridgehead atoms. The van der Waals surface area contributed by atoms with E-state index >= 15 is 0 Å². The van der Waals surface area contributed by atoms with E-state index in [0.29, 0.717) is 13.0 Å². The van der Waals surface area contributed by atoms with E-state index in [-0.39, 0.29) is 12.5 Å². The third kappa shape index (κ3) is 1.24. The molecule has 1 aliphatic heterocycles. The number of nitrogens with one attached hydrogen (secondary N) is 1. The number of fused-ring (bicyclic) bond motifs is 1. The summed E-state index contributed by atoms with van der Waals surface area (Å²) in [5.41, 5.74) is 4.71. The van der Waals surface area contributed by atoms with Gasteiger partial charge >= 0.3 is 0 Å². The van der Waals surface area contributed by atoms with E-state index in [9.17, 15) is 14.4 Å². The number of hydrogen-bond donors (Lipinski definition) is 1. The molecule has 5 nitrogen and oxygen atoms in total. The number of hydrogen-bond acceptors (Lipinski definition) is 3. The number of likely N-dealkylation sites (tertiary alicyclic amines) is 1. The Kier molecular flexibility index (Phi) is 1.94. The molecule has 0 aromatic rings. The van der Waals surface area contributed by atoms with Crippen molar-refractivity contribution in [2.45, 2.75) is 6.04 Å². The fraction of sp³-hybridized carbons (Fsp3) is 0.333. The van der Waals surface area contributed by atoms with Crippen LogP contribution in [-0.2, 0) is 14.4 Å². The average Bonchev–Trinajstić information content (AvgIpc) is 2.87. The lowest BCUT2D eigenvalue weighted by Crippen LogP contribution is -2.42. The summed E-state index contributed by atoms with van der Waals surface area (Å²) < 4.78 is 0. The largest absolute Gasteiger partial charge is 0.350 e. The zero-order valence-electron chi connectivity index (χ0n) is 7.32. The topological polar surface area (TPSA) is 66.5 Å². The average molecular weight is 192 g/mol. The molecule has 1 atom stereocenters. The van der Waals surface area contributed by atoms with Gasteiger partial charge in [0.2, 0.25) is 12.3 Å². The second kappa shape index (κ2) is 3.12. The molecule has 1 fully saturated rings. The number of rotatable bonds is 4. The van der Waals surface area contributed by atoms with Crippen molar-refractivity contribution in [3.63, 3.8) is 0 Å². The van der Waals surface area contributed by atoms with Gasteiger partial charge in [-0.05, 0) is 0 Å². The van der Waals surface area contributed by atoms with Crippen LogP contribution < -0.4 is 5.32 Å². The maximum absolute atomic E-state index is 11.4. The van der Waals surface area contributed by atoms with E-state index in [0.717, 1.165) is 17.4 Å². The zero-order chi connectivity index (χ0) is 10.1. The highest BCUT2D eigenvalue weighted by Gasteiger charge is 2.40. The third-order valence-corrected chi connectivity index (χ3v) is 2.29. The number of carbonyl (C=O) groups excluding carboxylic acids is 3. The Bertz CT molecular complexity index is 380. The first kappa shape index (κ1) is 8.72. The molecule has 0 spiro atoms. The Morgan fingerprint density at radius 2 is 2.43 bits per heavy atom. The lowest BCUT2D eigenvalue weighted by atomic mass is 10.2. The molecule has 0 unspecified atom stereocenters. The first-order chi connectivity index (χ1) is 6.77. The van der Waals surface area contributed by atoms with Gasteiger partial charge < -0.3 is 15.0 Å². The molecule has 1 saturated heterocycles. The zero-order valence-corrected chi connectivity index (χ0v) is 7.32. The maximum Gasteiger partial charge on any atom is 0.243 e. The number of amides is 2. The minimum atomic E-state index is -0.481. The molecule has 1 heterocycles. The molecule has 0 aromatic carbocycles. The third-order valence-electron chi connectivity index (χ3n) is 2.29. The van der Waals surface area contributed by atoms with Crippen LogP contribution >= 0.6 is 0 Å². The van der Waals surface area contributed by atoms with Crippen LogP contribution in [0.1, 0.15) is 0 Å². The molecule has 14 heavy (non-hydrogen) atoms. The van der Waals surface area contributed by atoms with Gasteiger partial charge in [0.05, 0.1) is 13.1 Å². The first-order valence-corrected chi connectivity index (χ1v) is 4.19. The molecule has 1 N–H and O–H groups in total. The Labute approximate surface area is 80.1 Å². The summed E-state index contributed by atoms with van der Waals surface area (Å²) in [5.74, 6) is -0.247. The summed E-state index contributed by atoms with van der Waals surface area (Å²) in [6.07, 6.45) is 1.18. The summed E-state index contributed by atoms with van der Waals surface area (Å²) in [6.45, 7) is 0.381. The van der Waals surface area contributed by atoms with Gasteiger partial charge in [-0.3, -0.25) is 9.59 Å². The van der Waals surface area contributed by atoms with E-state index < -0.39 is 6.04 Å². The molecule has 0 aromatic heterocycles. The van der Waals surface area contributed by atoms with Crippen molar-refractivity contribution in [3.05, 3.63) is 16.9 Å². The number of aldehydes is 1. The highest BCUT2D eigenvalue weighted by Crippen LogP contribution is 2.34. The van der Waals surface area contributed by atoms with Crippen molar-refractivity contribution in [3.8, 4) is 0 Å². The quantitative estimate of drug-likeness (QED) is 0.440. The standard InChI is InChI=1S/C9H8N2O3/c12-4-8-7-1-6(7)3-11(8)9(14)2-10-5-13/h4-5,8H,2-3H2,(H,10,13)/t8-/m1/s1. The molecule has 0 saturated carbocycles. The molecule has 0 radical (unpaired) electrons. The van der Waals surface area contributed by atoms with Gasteiger partial charge in [-0.1, -0.05) is 0 Å². The van der Waals surface area contributed by atoms with Crippen LogP contribution in [0.5, 0.6) is 0 Å². The SMILES string of the molecule is O=CNCC(=O)N1CC2=C=C2[C@H]1C=O. The smallest absolute Gasteiger partial charge is 0.243 e. The second-order valence-electron chi connectivity index (χ2n) is 3.12. The van der Waals surface area contributed by atoms with Crippen molar-refractivity contribution in [1.29, 1.82) is 0 Å². The van der Waals surface area contributed by atoms with Crippen molar-refractivity contribution in [2.24, 2.45) is 0 Å². The summed E-state index contributed by atoms with van der Waals surface area (Å²) in [7, 11) is 0. The van der Waals surface area contributed by atoms with Crippen LogP contribution in [0, 0.1) is 0 Å². The molecule has 72 valence electrons. The van der Waals surface area contributed by atoms with Crippen LogP contribution in [0.4, 0.5) is 0 Å². The molecule has 2 aliphatic rings. The summed E-state index contributed by atoms with van der Waals surface area (Å²) in [4.78, 5) is 33.5. The van der Waals surface area contributed by atoms with Gasteiger partial charge in [0.15, 0.2) is 0 Å². The lowest BCUT2D eigenvalue weighted by Gasteiger charge is -2.19.